The zero-order valence-electron chi connectivity index (χ0n) is 17.3. The average Bonchev–Trinajstić information content (AvgIpc) is 3.49. The molecule has 0 saturated heterocycles. The number of oxazole rings is 1. The lowest BCUT2D eigenvalue weighted by Crippen LogP contribution is -2.29. The van der Waals surface area contributed by atoms with Gasteiger partial charge in [-0.2, -0.15) is 4.98 Å². The van der Waals surface area contributed by atoms with Crippen LogP contribution in [-0.4, -0.2) is 19.4 Å². The number of nitrogens with zero attached hydrogens (tertiary/aromatic N) is 1. The van der Waals surface area contributed by atoms with Crippen LogP contribution in [0.1, 0.15) is 32.6 Å². The summed E-state index contributed by atoms with van der Waals surface area (Å²) in [7, 11) is -3.86. The molecule has 3 aromatic rings. The summed E-state index contributed by atoms with van der Waals surface area (Å²) in [5.41, 5.74) is 0.565. The fourth-order valence-electron chi connectivity index (χ4n) is 5.46. The number of hydrogen-bond donors (Lipinski definition) is 1. The molecule has 5 rings (SSSR count). The van der Waals surface area contributed by atoms with Crippen LogP contribution in [0.5, 0.6) is 0 Å². The molecule has 1 unspecified atom stereocenters. The van der Waals surface area contributed by atoms with Crippen LogP contribution >= 0.6 is 11.6 Å². The van der Waals surface area contributed by atoms with Crippen LogP contribution in [0.3, 0.4) is 0 Å². The maximum Gasteiger partial charge on any atom is 0.234 e. The van der Waals surface area contributed by atoms with E-state index in [0.29, 0.717) is 28.3 Å². The highest BCUT2D eigenvalue weighted by atomic mass is 35.5. The van der Waals surface area contributed by atoms with Gasteiger partial charge in [-0.3, -0.25) is 0 Å². The van der Waals surface area contributed by atoms with E-state index < -0.39 is 9.84 Å². The predicted octanol–water partition coefficient (Wildman–Crippen LogP) is 6.06. The minimum Gasteiger partial charge on any atom is -0.419 e. The van der Waals surface area contributed by atoms with Crippen LogP contribution in [0.15, 0.2) is 68.9 Å². The third-order valence-electron chi connectivity index (χ3n) is 6.85. The second-order valence-electron chi connectivity index (χ2n) is 8.63. The van der Waals surface area contributed by atoms with Crippen LogP contribution in [0.25, 0.3) is 11.5 Å². The molecule has 5 nitrogen and oxygen atoms in total. The van der Waals surface area contributed by atoms with Crippen LogP contribution in [0.4, 0.5) is 5.88 Å². The quantitative estimate of drug-likeness (QED) is 0.487. The first-order valence-corrected chi connectivity index (χ1v) is 12.6. The molecular weight excluding hydrogens is 432 g/mol. The summed E-state index contributed by atoms with van der Waals surface area (Å²) in [5.74, 6) is 2.32. The summed E-state index contributed by atoms with van der Waals surface area (Å²) >= 11 is 6.34. The number of halogens is 1. The smallest absolute Gasteiger partial charge is 0.234 e. The van der Waals surface area contributed by atoms with E-state index in [9.17, 15) is 8.42 Å². The molecule has 7 heteroatoms. The van der Waals surface area contributed by atoms with Gasteiger partial charge < -0.3 is 9.73 Å². The van der Waals surface area contributed by atoms with E-state index >= 15 is 0 Å². The lowest BCUT2D eigenvalue weighted by atomic mass is 9.90. The molecule has 162 valence electrons. The molecule has 2 fully saturated rings. The van der Waals surface area contributed by atoms with Gasteiger partial charge in [-0.1, -0.05) is 41.9 Å². The maximum absolute atomic E-state index is 13.4. The molecular formula is C24H25ClN2O3S. The second-order valence-corrected chi connectivity index (χ2v) is 10.9. The van der Waals surface area contributed by atoms with Crippen LogP contribution in [-0.2, 0) is 9.84 Å². The number of sulfone groups is 1. The Morgan fingerprint density at radius 3 is 2.26 bits per heavy atom. The van der Waals surface area contributed by atoms with Crippen LogP contribution in [0.2, 0.25) is 5.02 Å². The highest BCUT2D eigenvalue weighted by Crippen LogP contribution is 2.51. The average molecular weight is 457 g/mol. The van der Waals surface area contributed by atoms with Crippen molar-refractivity contribution in [1.82, 2.24) is 4.98 Å². The van der Waals surface area contributed by atoms with Crippen LogP contribution < -0.4 is 5.32 Å². The molecule has 31 heavy (non-hydrogen) atoms. The van der Waals surface area contributed by atoms with Gasteiger partial charge in [0.15, 0.2) is 0 Å². The van der Waals surface area contributed by atoms with E-state index in [1.807, 2.05) is 12.1 Å². The summed E-state index contributed by atoms with van der Waals surface area (Å²) in [5, 5.41) is 3.75. The Hall–Kier alpha value is -2.31. The fraction of sp³-hybridized carbons (Fsp3) is 0.375. The third kappa shape index (κ3) is 3.66. The van der Waals surface area contributed by atoms with Crippen LogP contribution in [0, 0.1) is 17.8 Å². The van der Waals surface area contributed by atoms with E-state index in [1.165, 1.54) is 25.7 Å². The Balaban J connectivity index is 1.56. The predicted molar refractivity (Wildman–Crippen MR) is 121 cm³/mol. The summed E-state index contributed by atoms with van der Waals surface area (Å²) in [4.78, 5) is 4.61. The van der Waals surface area contributed by atoms with Gasteiger partial charge >= 0.3 is 0 Å². The molecule has 0 aliphatic heterocycles. The Labute approximate surface area is 187 Å². The summed E-state index contributed by atoms with van der Waals surface area (Å²) < 4.78 is 32.9. The lowest BCUT2D eigenvalue weighted by Gasteiger charge is -2.24. The second kappa shape index (κ2) is 7.99. The normalized spacial score (nSPS) is 23.7. The zero-order valence-corrected chi connectivity index (χ0v) is 18.9. The van der Waals surface area contributed by atoms with E-state index in [1.54, 1.807) is 42.5 Å². The van der Waals surface area contributed by atoms with Crippen molar-refractivity contribution in [2.24, 2.45) is 17.8 Å². The number of hydrogen-bond acceptors (Lipinski definition) is 5. The van der Waals surface area contributed by atoms with Crippen molar-refractivity contribution in [2.75, 3.05) is 5.32 Å². The van der Waals surface area contributed by atoms with Gasteiger partial charge in [-0.05, 0) is 74.6 Å². The van der Waals surface area contributed by atoms with Crippen molar-refractivity contribution in [1.29, 1.82) is 0 Å². The Kier molecular flexibility index (Phi) is 5.30. The van der Waals surface area contributed by atoms with Crippen molar-refractivity contribution in [3.8, 4) is 11.5 Å². The van der Waals surface area contributed by atoms with Gasteiger partial charge in [0.1, 0.15) is 0 Å². The van der Waals surface area contributed by atoms with E-state index in [2.05, 4.69) is 17.2 Å². The van der Waals surface area contributed by atoms with Crippen molar-refractivity contribution < 1.29 is 12.8 Å². The molecule has 0 spiro atoms. The molecule has 1 atom stereocenters. The molecule has 2 aromatic carbocycles. The van der Waals surface area contributed by atoms with Crippen molar-refractivity contribution in [3.05, 3.63) is 59.6 Å². The molecule has 2 aliphatic rings. The van der Waals surface area contributed by atoms with E-state index in [-0.39, 0.29) is 27.7 Å². The van der Waals surface area contributed by atoms with Gasteiger partial charge in [0.05, 0.1) is 15.5 Å². The first kappa shape index (κ1) is 20.6. The Morgan fingerprint density at radius 2 is 1.61 bits per heavy atom. The minimum atomic E-state index is -3.86. The van der Waals surface area contributed by atoms with Gasteiger partial charge in [-0.25, -0.2) is 8.42 Å². The molecule has 2 aliphatic carbocycles. The van der Waals surface area contributed by atoms with Crippen molar-refractivity contribution in [2.45, 2.75) is 48.6 Å². The SMILES string of the molecule is CC(Nc1oc(-c2ccccc2Cl)nc1S(=O)(=O)c1ccccc1)C1C2CCC1CC2. The first-order valence-electron chi connectivity index (χ1n) is 10.8. The maximum atomic E-state index is 13.4. The minimum absolute atomic E-state index is 0.0918. The largest absolute Gasteiger partial charge is 0.419 e. The van der Waals surface area contributed by atoms with Gasteiger partial charge in [0.25, 0.3) is 0 Å². The number of rotatable bonds is 6. The topological polar surface area (TPSA) is 72.2 Å². The highest BCUT2D eigenvalue weighted by Gasteiger charge is 2.44. The number of fused-ring (bicyclic) bond motifs is 2. The number of benzene rings is 2. The lowest BCUT2D eigenvalue weighted by molar-refractivity contribution is 0.357. The molecule has 1 aromatic heterocycles. The summed E-state index contributed by atoms with van der Waals surface area (Å²) in [6.07, 6.45) is 5.05. The third-order valence-corrected chi connectivity index (χ3v) is 8.86. The molecule has 0 amide bonds. The van der Waals surface area contributed by atoms with Gasteiger partial charge in [-0.15, -0.1) is 0 Å². The molecule has 2 saturated carbocycles. The highest BCUT2D eigenvalue weighted by molar-refractivity contribution is 7.91. The fourth-order valence-corrected chi connectivity index (χ4v) is 6.96. The van der Waals surface area contributed by atoms with E-state index in [0.717, 1.165) is 0 Å². The van der Waals surface area contributed by atoms with Gasteiger partial charge in [0, 0.05) is 6.04 Å². The molecule has 2 bridgehead atoms. The number of aromatic nitrogens is 1. The Morgan fingerprint density at radius 1 is 1.00 bits per heavy atom. The Bertz CT molecular complexity index is 1170. The van der Waals surface area contributed by atoms with E-state index in [4.69, 9.17) is 16.0 Å². The number of anilines is 1. The van der Waals surface area contributed by atoms with Crippen molar-refractivity contribution >= 4 is 27.3 Å². The van der Waals surface area contributed by atoms with Crippen molar-refractivity contribution in [3.63, 3.8) is 0 Å². The molecule has 1 heterocycles. The standard InChI is InChI=1S/C24H25ClN2O3S/c1-15(21-16-11-12-17(21)14-13-16)26-23-24(31(28,29)18-7-3-2-4-8-18)27-22(30-23)19-9-5-6-10-20(19)25/h2-10,15-17,21,26H,11-14H2,1H3. The summed E-state index contributed by atoms with van der Waals surface area (Å²) in [6, 6.07) is 15.6. The van der Waals surface area contributed by atoms with Gasteiger partial charge in [0.2, 0.25) is 26.6 Å². The monoisotopic (exact) mass is 456 g/mol. The molecule has 1 N–H and O–H groups in total. The number of nitrogens with one attached hydrogen (secondary N) is 1. The summed E-state index contributed by atoms with van der Waals surface area (Å²) in [6.45, 7) is 2.12. The molecule has 0 radical (unpaired) electrons. The zero-order chi connectivity index (χ0) is 21.6. The first-order chi connectivity index (χ1) is 14.9.